The molecule has 2 atom stereocenters. The number of anilines is 2. The Balaban J connectivity index is 1.60. The Labute approximate surface area is 182 Å². The molecular weight excluding hydrogens is 447 g/mol. The van der Waals surface area contributed by atoms with Crippen LogP contribution in [0.3, 0.4) is 0 Å². The lowest BCUT2D eigenvalue weighted by Gasteiger charge is -2.25. The number of rotatable bonds is 8. The zero-order chi connectivity index (χ0) is 21.3. The Morgan fingerprint density at radius 3 is 2.87 bits per heavy atom. The number of carbonyl (C=O) groups is 1. The van der Waals surface area contributed by atoms with Gasteiger partial charge < -0.3 is 11.1 Å². The molecule has 0 bridgehead atoms. The fourth-order valence-corrected chi connectivity index (χ4v) is 7.40. The highest BCUT2D eigenvalue weighted by molar-refractivity contribution is 8.15. The summed E-state index contributed by atoms with van der Waals surface area (Å²) < 4.78 is 40.9. The van der Waals surface area contributed by atoms with E-state index in [0.29, 0.717) is 24.3 Å². The molecule has 4 rings (SSSR count). The number of hydrogen-bond acceptors (Lipinski definition) is 7. The van der Waals surface area contributed by atoms with E-state index >= 15 is 0 Å². The van der Waals surface area contributed by atoms with E-state index in [1.165, 1.54) is 17.8 Å². The normalized spacial score (nSPS) is 20.5. The van der Waals surface area contributed by atoms with E-state index in [4.69, 9.17) is 5.73 Å². The quantitative estimate of drug-likeness (QED) is 0.620. The van der Waals surface area contributed by atoms with Gasteiger partial charge in [0.15, 0.2) is 0 Å². The lowest BCUT2D eigenvalue weighted by molar-refractivity contribution is -0.117. The third-order valence-corrected chi connectivity index (χ3v) is 9.42. The number of thioether (sulfide) groups is 1. The zero-order valence-corrected chi connectivity index (χ0v) is 18.4. The Bertz CT molecular complexity index is 1070. The van der Waals surface area contributed by atoms with Crippen LogP contribution in [0.5, 0.6) is 0 Å². The largest absolute Gasteiger partial charge is 0.374 e. The Hall–Kier alpha value is -2.11. The highest BCUT2D eigenvalue weighted by atomic mass is 32.2. The van der Waals surface area contributed by atoms with Gasteiger partial charge in [-0.3, -0.25) is 14.1 Å². The molecule has 11 heteroatoms. The van der Waals surface area contributed by atoms with Gasteiger partial charge >= 0.3 is 0 Å². The molecule has 0 aliphatic carbocycles. The number of alkyl halides is 1. The molecule has 0 radical (unpaired) electrons. The van der Waals surface area contributed by atoms with Gasteiger partial charge in [-0.05, 0) is 23.1 Å². The Kier molecular flexibility index (Phi) is 6.03. The molecule has 0 saturated heterocycles. The van der Waals surface area contributed by atoms with Crippen LogP contribution in [0, 0.1) is 0 Å². The van der Waals surface area contributed by atoms with Crippen LogP contribution in [0.2, 0.25) is 0 Å². The van der Waals surface area contributed by atoms with Crippen molar-refractivity contribution in [2.75, 3.05) is 29.4 Å². The number of aliphatic imine (C=N–C) groups is 1. The average molecular weight is 469 g/mol. The third-order valence-electron chi connectivity index (χ3n) is 4.93. The van der Waals surface area contributed by atoms with E-state index in [-0.39, 0.29) is 34.4 Å². The minimum Gasteiger partial charge on any atom is -0.374 e. The minimum atomic E-state index is -3.87. The van der Waals surface area contributed by atoms with Crippen molar-refractivity contribution in [3.8, 4) is 0 Å². The fourth-order valence-electron chi connectivity index (χ4n) is 3.65. The second kappa shape index (κ2) is 8.56. The Morgan fingerprint density at radius 1 is 1.33 bits per heavy atom. The first-order valence-electron chi connectivity index (χ1n) is 9.40. The number of halogens is 1. The van der Waals surface area contributed by atoms with Crippen molar-refractivity contribution in [1.82, 2.24) is 0 Å². The number of para-hydroxylation sites is 1. The zero-order valence-electron chi connectivity index (χ0n) is 16.0. The summed E-state index contributed by atoms with van der Waals surface area (Å²) in [5.74, 6) is -0.352. The minimum absolute atomic E-state index is 0.0322. The molecule has 1 aromatic carbocycles. The van der Waals surface area contributed by atoms with Crippen molar-refractivity contribution >= 4 is 55.4 Å². The first-order valence-corrected chi connectivity index (χ1v) is 12.6. The van der Waals surface area contributed by atoms with Crippen LogP contribution in [0.4, 0.5) is 15.8 Å². The van der Waals surface area contributed by atoms with Crippen molar-refractivity contribution in [1.29, 1.82) is 0 Å². The molecule has 160 valence electrons. The lowest BCUT2D eigenvalue weighted by atomic mass is 10.1. The molecular formula is C19H21FN4O3S3. The van der Waals surface area contributed by atoms with Gasteiger partial charge in [0.2, 0.25) is 5.91 Å². The SMILES string of the molecule is NC(=O)CC1CN=C(C2Cc3cccc(N(CCF)S(=O)(=O)c4cccs4)c3N2)S1. The molecule has 7 nitrogen and oxygen atoms in total. The number of sulfonamides is 1. The highest BCUT2D eigenvalue weighted by Crippen LogP contribution is 2.40. The molecule has 3 heterocycles. The number of fused-ring (bicyclic) bond motifs is 1. The molecule has 30 heavy (non-hydrogen) atoms. The van der Waals surface area contributed by atoms with E-state index in [9.17, 15) is 17.6 Å². The van der Waals surface area contributed by atoms with Gasteiger partial charge in [-0.25, -0.2) is 12.8 Å². The van der Waals surface area contributed by atoms with Crippen LogP contribution in [-0.2, 0) is 21.2 Å². The summed E-state index contributed by atoms with van der Waals surface area (Å²) in [6.45, 7) is -0.528. The van der Waals surface area contributed by atoms with Crippen molar-refractivity contribution < 1.29 is 17.6 Å². The number of benzene rings is 1. The maximum Gasteiger partial charge on any atom is 0.273 e. The van der Waals surface area contributed by atoms with Crippen LogP contribution in [0.1, 0.15) is 12.0 Å². The summed E-state index contributed by atoms with van der Waals surface area (Å²) in [5.41, 5.74) is 7.35. The number of primary amides is 1. The molecule has 1 aromatic heterocycles. The van der Waals surface area contributed by atoms with E-state index < -0.39 is 16.7 Å². The number of hydrogen-bond donors (Lipinski definition) is 2. The van der Waals surface area contributed by atoms with Crippen LogP contribution < -0.4 is 15.4 Å². The Morgan fingerprint density at radius 2 is 2.17 bits per heavy atom. The molecule has 2 aromatic rings. The number of amides is 1. The van der Waals surface area contributed by atoms with Crippen LogP contribution in [0.15, 0.2) is 44.9 Å². The number of thiophene rings is 1. The second-order valence-electron chi connectivity index (χ2n) is 7.00. The first kappa shape index (κ1) is 21.1. The van der Waals surface area contributed by atoms with E-state index in [1.807, 2.05) is 6.07 Å². The van der Waals surface area contributed by atoms with Gasteiger partial charge in [-0.2, -0.15) is 0 Å². The topological polar surface area (TPSA) is 105 Å². The standard InChI is InChI=1S/C19H21FN4O3S3/c20-6-7-24(30(26,27)17-5-2-8-28-17)15-4-1-3-12-9-14(23-18(12)15)19-22-11-13(29-19)10-16(21)25/h1-5,8,13-14,23H,6-7,9-11H2,(H2,21,25). The summed E-state index contributed by atoms with van der Waals surface area (Å²) in [6.07, 6.45) is 0.909. The highest BCUT2D eigenvalue weighted by Gasteiger charge is 2.35. The van der Waals surface area contributed by atoms with Gasteiger partial charge in [0, 0.05) is 18.1 Å². The van der Waals surface area contributed by atoms with Gasteiger partial charge in [0.05, 0.1) is 35.5 Å². The van der Waals surface area contributed by atoms with Gasteiger partial charge in [-0.15, -0.1) is 23.1 Å². The van der Waals surface area contributed by atoms with Gasteiger partial charge in [0.25, 0.3) is 10.0 Å². The predicted molar refractivity (Wildman–Crippen MR) is 120 cm³/mol. The maximum absolute atomic E-state index is 13.3. The third kappa shape index (κ3) is 4.06. The van der Waals surface area contributed by atoms with Crippen molar-refractivity contribution in [3.05, 3.63) is 41.3 Å². The summed E-state index contributed by atoms with van der Waals surface area (Å²) in [4.78, 5) is 15.7. The molecule has 0 fully saturated rings. The number of nitrogens with two attached hydrogens (primary N) is 1. The molecule has 2 unspecified atom stereocenters. The summed E-state index contributed by atoms with van der Waals surface area (Å²) in [5, 5.41) is 5.97. The van der Waals surface area contributed by atoms with Crippen LogP contribution in [-0.4, -0.2) is 50.4 Å². The van der Waals surface area contributed by atoms with Gasteiger partial charge in [-0.1, -0.05) is 18.2 Å². The summed E-state index contributed by atoms with van der Waals surface area (Å²) in [7, 11) is -3.87. The van der Waals surface area contributed by atoms with Crippen molar-refractivity contribution in [3.63, 3.8) is 0 Å². The predicted octanol–water partition coefficient (Wildman–Crippen LogP) is 2.64. The average Bonchev–Trinajstić information content (AvgIpc) is 3.44. The summed E-state index contributed by atoms with van der Waals surface area (Å²) in [6, 6.07) is 8.47. The first-order chi connectivity index (χ1) is 14.4. The molecule has 2 aliphatic heterocycles. The molecule has 3 N–H and O–H groups in total. The monoisotopic (exact) mass is 468 g/mol. The molecule has 1 amide bonds. The number of nitrogens with zero attached hydrogens (tertiary/aromatic N) is 2. The van der Waals surface area contributed by atoms with E-state index in [1.54, 1.807) is 23.6 Å². The number of carbonyl (C=O) groups excluding carboxylic acids is 1. The van der Waals surface area contributed by atoms with Crippen LogP contribution >= 0.6 is 23.1 Å². The fraction of sp³-hybridized carbons (Fsp3) is 0.368. The van der Waals surface area contributed by atoms with E-state index in [0.717, 1.165) is 26.2 Å². The maximum atomic E-state index is 13.3. The van der Waals surface area contributed by atoms with E-state index in [2.05, 4.69) is 10.3 Å². The molecule has 0 saturated carbocycles. The second-order valence-corrected chi connectivity index (χ2v) is 11.4. The van der Waals surface area contributed by atoms with Gasteiger partial charge in [0.1, 0.15) is 10.9 Å². The molecule has 2 aliphatic rings. The lowest BCUT2D eigenvalue weighted by Crippen LogP contribution is -2.33. The van der Waals surface area contributed by atoms with Crippen LogP contribution in [0.25, 0.3) is 0 Å². The molecule has 0 spiro atoms. The van der Waals surface area contributed by atoms with Crippen molar-refractivity contribution in [2.45, 2.75) is 28.3 Å². The van der Waals surface area contributed by atoms with Crippen molar-refractivity contribution in [2.24, 2.45) is 10.7 Å². The summed E-state index contributed by atoms with van der Waals surface area (Å²) >= 11 is 2.64. The number of nitrogens with one attached hydrogen (secondary N) is 1. The smallest absolute Gasteiger partial charge is 0.273 e.